The van der Waals surface area contributed by atoms with Crippen molar-refractivity contribution >= 4 is 11.8 Å². The van der Waals surface area contributed by atoms with E-state index >= 15 is 0 Å². The van der Waals surface area contributed by atoms with Crippen LogP contribution < -0.4 is 11.1 Å². The number of hydrogen-bond acceptors (Lipinski definition) is 2. The number of nitrogens with two attached hydrogens (primary N) is 1. The average Bonchev–Trinajstić information content (AvgIpc) is 2.14. The van der Waals surface area contributed by atoms with Crippen LogP contribution in [0.5, 0.6) is 0 Å². The normalized spacial score (nSPS) is 15.9. The van der Waals surface area contributed by atoms with E-state index in [0.29, 0.717) is 6.92 Å². The molecule has 0 saturated carbocycles. The lowest BCUT2D eigenvalue weighted by atomic mass is 10.1. The lowest BCUT2D eigenvalue weighted by Gasteiger charge is -2.21. The molecular weight excluding hydrogens is 270 g/mol. The lowest BCUT2D eigenvalue weighted by Crippen LogP contribution is -2.51. The van der Waals surface area contributed by atoms with Gasteiger partial charge in [-0.3, -0.25) is 9.59 Å². The maximum absolute atomic E-state index is 13.2. The molecule has 1 atom stereocenters. The van der Waals surface area contributed by atoms with Crippen LogP contribution >= 0.6 is 0 Å². The molecule has 0 rings (SSSR count). The first kappa shape index (κ1) is 16.5. The van der Waals surface area contributed by atoms with Crippen molar-refractivity contribution in [1.29, 1.82) is 0 Å². The molecule has 0 bridgehead atoms. The summed E-state index contributed by atoms with van der Waals surface area (Å²) in [6.45, 7) is -0.690. The summed E-state index contributed by atoms with van der Waals surface area (Å²) in [5.41, 5.74) is 1.32. The van der Waals surface area contributed by atoms with E-state index < -0.39 is 42.5 Å². The third-order valence-electron chi connectivity index (χ3n) is 2.03. The minimum absolute atomic E-state index is 0.465. The van der Waals surface area contributed by atoms with Gasteiger partial charge < -0.3 is 11.1 Å². The Bertz CT molecular complexity index is 339. The highest BCUT2D eigenvalue weighted by atomic mass is 19.4. The molecule has 0 radical (unpaired) electrons. The number of halogens is 6. The van der Waals surface area contributed by atoms with E-state index in [1.807, 2.05) is 0 Å². The van der Waals surface area contributed by atoms with Gasteiger partial charge in [0.15, 0.2) is 0 Å². The molecule has 18 heavy (non-hydrogen) atoms. The monoisotopic (exact) mass is 280 g/mol. The molecule has 0 saturated heterocycles. The molecule has 0 aliphatic carbocycles. The van der Waals surface area contributed by atoms with Crippen LogP contribution in [0, 0.1) is 0 Å². The van der Waals surface area contributed by atoms with Gasteiger partial charge in [0.2, 0.25) is 0 Å². The molecule has 0 aromatic carbocycles. The largest absolute Gasteiger partial charge is 0.453 e. The fraction of sp³-hybridized carbons (Fsp3) is 0.750. The van der Waals surface area contributed by atoms with Crippen molar-refractivity contribution in [2.24, 2.45) is 5.73 Å². The Hall–Kier alpha value is -1.48. The quantitative estimate of drug-likeness (QED) is 0.580. The van der Waals surface area contributed by atoms with Gasteiger partial charge >= 0.3 is 12.1 Å². The van der Waals surface area contributed by atoms with Crippen molar-refractivity contribution < 1.29 is 35.9 Å². The van der Waals surface area contributed by atoms with E-state index in [1.165, 1.54) is 5.32 Å². The second-order valence-electron chi connectivity index (χ2n) is 3.58. The van der Waals surface area contributed by atoms with Gasteiger partial charge in [-0.25, -0.2) is 4.39 Å². The van der Waals surface area contributed by atoms with Crippen molar-refractivity contribution in [3.8, 4) is 0 Å². The molecular formula is C8H10F6N2O2. The van der Waals surface area contributed by atoms with Crippen LogP contribution in [0.15, 0.2) is 0 Å². The third kappa shape index (κ3) is 3.77. The van der Waals surface area contributed by atoms with E-state index in [0.717, 1.165) is 0 Å². The molecule has 106 valence electrons. The number of amides is 2. The molecule has 0 unspecified atom stereocenters. The summed E-state index contributed by atoms with van der Waals surface area (Å²) >= 11 is 0. The fourth-order valence-electron chi connectivity index (χ4n) is 0.753. The van der Waals surface area contributed by atoms with E-state index in [1.54, 1.807) is 0 Å². The molecule has 0 aromatic heterocycles. The van der Waals surface area contributed by atoms with Gasteiger partial charge in [-0.15, -0.1) is 0 Å². The highest BCUT2D eigenvalue weighted by Crippen LogP contribution is 2.37. The number of carbonyl (C=O) groups excluding carboxylic acids is 2. The van der Waals surface area contributed by atoms with E-state index in [4.69, 9.17) is 0 Å². The first-order valence-electron chi connectivity index (χ1n) is 4.54. The number of carbonyl (C=O) groups is 2. The Kier molecular flexibility index (Phi) is 4.61. The van der Waals surface area contributed by atoms with Crippen LogP contribution in [-0.4, -0.2) is 36.1 Å². The topological polar surface area (TPSA) is 72.2 Å². The van der Waals surface area contributed by atoms with Crippen LogP contribution in [-0.2, 0) is 9.59 Å². The Morgan fingerprint density at radius 1 is 1.11 bits per heavy atom. The number of primary amides is 1. The van der Waals surface area contributed by atoms with Crippen molar-refractivity contribution in [1.82, 2.24) is 5.32 Å². The Balaban J connectivity index is 4.39. The molecule has 4 nitrogen and oxygen atoms in total. The van der Waals surface area contributed by atoms with Gasteiger partial charge in [0.05, 0.1) is 0 Å². The highest BCUT2D eigenvalue weighted by molar-refractivity contribution is 6.07. The number of alkyl halides is 6. The molecule has 2 amide bonds. The molecule has 3 N–H and O–H groups in total. The summed E-state index contributed by atoms with van der Waals surface area (Å²) in [6, 6.07) is 0. The summed E-state index contributed by atoms with van der Waals surface area (Å²) in [5, 5.41) is 1.44. The predicted molar refractivity (Wildman–Crippen MR) is 47.3 cm³/mol. The van der Waals surface area contributed by atoms with Gasteiger partial charge in [0, 0.05) is 13.0 Å². The van der Waals surface area contributed by atoms with Crippen molar-refractivity contribution in [3.63, 3.8) is 0 Å². The molecule has 0 aromatic rings. The Morgan fingerprint density at radius 3 is 1.89 bits per heavy atom. The van der Waals surface area contributed by atoms with Gasteiger partial charge in [0.1, 0.15) is 0 Å². The van der Waals surface area contributed by atoms with Crippen LogP contribution in [0.4, 0.5) is 26.3 Å². The summed E-state index contributed by atoms with van der Waals surface area (Å²) in [4.78, 5) is 21.4. The van der Waals surface area contributed by atoms with Crippen molar-refractivity contribution in [3.05, 3.63) is 0 Å². The van der Waals surface area contributed by atoms with Crippen LogP contribution in [0.2, 0.25) is 0 Å². The zero-order valence-electron chi connectivity index (χ0n) is 9.08. The summed E-state index contributed by atoms with van der Waals surface area (Å²) < 4.78 is 73.0. The summed E-state index contributed by atoms with van der Waals surface area (Å²) in [5.74, 6) is -8.37. The predicted octanol–water partition coefficient (Wildman–Crippen LogP) is 0.904. The highest BCUT2D eigenvalue weighted by Gasteiger charge is 2.56. The van der Waals surface area contributed by atoms with E-state index in [2.05, 4.69) is 5.73 Å². The minimum Gasteiger partial charge on any atom is -0.366 e. The number of nitrogens with one attached hydrogen (secondary N) is 1. The van der Waals surface area contributed by atoms with Crippen molar-refractivity contribution in [2.75, 3.05) is 6.54 Å². The minimum atomic E-state index is -5.76. The second-order valence-corrected chi connectivity index (χ2v) is 3.58. The van der Waals surface area contributed by atoms with E-state index in [9.17, 15) is 35.9 Å². The third-order valence-corrected chi connectivity index (χ3v) is 2.03. The zero-order valence-corrected chi connectivity index (χ0v) is 9.08. The van der Waals surface area contributed by atoms with E-state index in [-0.39, 0.29) is 0 Å². The molecule has 0 aliphatic heterocycles. The van der Waals surface area contributed by atoms with Crippen LogP contribution in [0.3, 0.4) is 0 Å². The fourth-order valence-corrected chi connectivity index (χ4v) is 0.753. The molecule has 0 spiro atoms. The lowest BCUT2D eigenvalue weighted by molar-refractivity contribution is -0.283. The summed E-state index contributed by atoms with van der Waals surface area (Å²) in [6.07, 6.45) is -7.53. The maximum Gasteiger partial charge on any atom is 0.453 e. The molecule has 0 fully saturated rings. The second kappa shape index (κ2) is 5.02. The molecule has 10 heteroatoms. The zero-order chi connectivity index (χ0) is 14.8. The Labute approximate surface area is 97.5 Å². The summed E-state index contributed by atoms with van der Waals surface area (Å²) in [7, 11) is 0. The first-order chi connectivity index (χ1) is 7.82. The van der Waals surface area contributed by atoms with Crippen molar-refractivity contribution in [2.45, 2.75) is 31.1 Å². The average molecular weight is 280 g/mol. The van der Waals surface area contributed by atoms with Gasteiger partial charge in [-0.05, 0) is 6.92 Å². The molecule has 0 aliphatic rings. The number of rotatable bonds is 5. The number of hydrogen-bond donors (Lipinski definition) is 2. The van der Waals surface area contributed by atoms with Gasteiger partial charge in [-0.2, -0.15) is 22.0 Å². The standard InChI is InChI=1S/C8H10F6N2O2/c1-6(9,4(15)17)5(18)16-3-2-7(10,11)8(12,13)14/h2-3H2,1H3,(H2,15,17)(H,16,18)/t6-/m1/s1. The molecule has 0 heterocycles. The van der Waals surface area contributed by atoms with Crippen LogP contribution in [0.25, 0.3) is 0 Å². The maximum atomic E-state index is 13.2. The van der Waals surface area contributed by atoms with Crippen LogP contribution in [0.1, 0.15) is 13.3 Å². The van der Waals surface area contributed by atoms with Gasteiger partial charge in [0.25, 0.3) is 17.5 Å². The smallest absolute Gasteiger partial charge is 0.366 e. The Morgan fingerprint density at radius 2 is 1.56 bits per heavy atom. The first-order valence-corrected chi connectivity index (χ1v) is 4.54. The SMILES string of the molecule is C[C@@](F)(C(N)=O)C(=O)NCCC(F)(F)C(F)(F)F. The van der Waals surface area contributed by atoms with Gasteiger partial charge in [-0.1, -0.05) is 0 Å².